The molecule has 4 rings (SSSR count). The molecule has 0 unspecified atom stereocenters. The third-order valence-corrected chi connectivity index (χ3v) is 5.89. The van der Waals surface area contributed by atoms with Gasteiger partial charge in [0.2, 0.25) is 5.91 Å². The highest BCUT2D eigenvalue weighted by Crippen LogP contribution is 2.55. The van der Waals surface area contributed by atoms with Gasteiger partial charge in [-0.05, 0) is 74.7 Å². The predicted molar refractivity (Wildman–Crippen MR) is 76.7 cm³/mol. The van der Waals surface area contributed by atoms with Crippen LogP contribution in [-0.2, 0) is 4.79 Å². The molecule has 102 valence electrons. The van der Waals surface area contributed by atoms with Gasteiger partial charge in [0.15, 0.2) is 0 Å². The van der Waals surface area contributed by atoms with Crippen LogP contribution in [-0.4, -0.2) is 23.5 Å². The minimum Gasteiger partial charge on any atom is -0.351 e. The zero-order chi connectivity index (χ0) is 12.6. The van der Waals surface area contributed by atoms with Crippen LogP contribution in [0.25, 0.3) is 0 Å². The number of nitrogens with one attached hydrogen (secondary N) is 1. The summed E-state index contributed by atoms with van der Waals surface area (Å²) < 4.78 is 0. The van der Waals surface area contributed by atoms with Gasteiger partial charge in [-0.2, -0.15) is 11.8 Å². The van der Waals surface area contributed by atoms with E-state index in [1.165, 1.54) is 38.5 Å². The normalized spacial score (nSPS) is 41.1. The molecule has 0 aromatic heterocycles. The maximum absolute atomic E-state index is 12.1. The van der Waals surface area contributed by atoms with E-state index in [-0.39, 0.29) is 5.54 Å². The zero-order valence-corrected chi connectivity index (χ0v) is 12.2. The summed E-state index contributed by atoms with van der Waals surface area (Å²) in [7, 11) is 0. The van der Waals surface area contributed by atoms with E-state index in [4.69, 9.17) is 0 Å². The third kappa shape index (κ3) is 2.56. The van der Waals surface area contributed by atoms with Crippen LogP contribution in [0.4, 0.5) is 0 Å². The van der Waals surface area contributed by atoms with Crippen molar-refractivity contribution >= 4 is 17.7 Å². The van der Waals surface area contributed by atoms with E-state index in [2.05, 4.69) is 11.6 Å². The zero-order valence-electron chi connectivity index (χ0n) is 11.4. The Hall–Kier alpha value is -0.180. The fourth-order valence-electron chi connectivity index (χ4n) is 5.00. The number of rotatable bonds is 5. The van der Waals surface area contributed by atoms with E-state index in [0.717, 1.165) is 36.3 Å². The Labute approximate surface area is 115 Å². The standard InChI is InChI=1S/C15H25NOS/c1-18-4-2-3-14(17)16-15-8-11-5-12(9-15)7-13(6-11)10-15/h11-13H,2-10H2,1H3,(H,16,17). The van der Waals surface area contributed by atoms with E-state index < -0.39 is 0 Å². The molecule has 4 saturated carbocycles. The molecule has 4 fully saturated rings. The Morgan fingerprint density at radius 1 is 1.17 bits per heavy atom. The first-order valence-electron chi connectivity index (χ1n) is 7.49. The summed E-state index contributed by atoms with van der Waals surface area (Å²) >= 11 is 1.83. The van der Waals surface area contributed by atoms with Crippen LogP contribution >= 0.6 is 11.8 Å². The first kappa shape index (κ1) is 12.8. The second kappa shape index (κ2) is 5.07. The maximum atomic E-state index is 12.1. The van der Waals surface area contributed by atoms with Crippen molar-refractivity contribution in [3.63, 3.8) is 0 Å². The molecule has 1 N–H and O–H groups in total. The molecule has 0 aliphatic heterocycles. The van der Waals surface area contributed by atoms with Crippen molar-refractivity contribution in [2.45, 2.75) is 56.9 Å². The fourth-order valence-corrected chi connectivity index (χ4v) is 5.43. The Bertz CT molecular complexity index is 293. The molecular formula is C15H25NOS. The van der Waals surface area contributed by atoms with Crippen LogP contribution in [0.3, 0.4) is 0 Å². The van der Waals surface area contributed by atoms with Gasteiger partial charge in [-0.1, -0.05) is 0 Å². The van der Waals surface area contributed by atoms with Gasteiger partial charge in [0.25, 0.3) is 0 Å². The van der Waals surface area contributed by atoms with Crippen molar-refractivity contribution < 1.29 is 4.79 Å². The number of amides is 1. The van der Waals surface area contributed by atoms with Gasteiger partial charge in [0.05, 0.1) is 0 Å². The molecular weight excluding hydrogens is 242 g/mol. The SMILES string of the molecule is CSCCCC(=O)NC12CC3CC(CC(C3)C1)C2. The van der Waals surface area contributed by atoms with Crippen LogP contribution in [0.5, 0.6) is 0 Å². The average molecular weight is 267 g/mol. The van der Waals surface area contributed by atoms with Crippen molar-refractivity contribution in [3.8, 4) is 0 Å². The molecule has 4 aliphatic carbocycles. The van der Waals surface area contributed by atoms with Gasteiger partial charge < -0.3 is 5.32 Å². The van der Waals surface area contributed by atoms with E-state index >= 15 is 0 Å². The molecule has 0 saturated heterocycles. The van der Waals surface area contributed by atoms with Crippen LogP contribution < -0.4 is 5.32 Å². The largest absolute Gasteiger partial charge is 0.351 e. The summed E-state index contributed by atoms with van der Waals surface area (Å²) in [5.41, 5.74) is 0.213. The van der Waals surface area contributed by atoms with Crippen LogP contribution in [0.2, 0.25) is 0 Å². The van der Waals surface area contributed by atoms with E-state index in [0.29, 0.717) is 5.91 Å². The van der Waals surface area contributed by atoms with Gasteiger partial charge in [0, 0.05) is 12.0 Å². The Morgan fingerprint density at radius 3 is 2.22 bits per heavy atom. The third-order valence-electron chi connectivity index (χ3n) is 5.20. The van der Waals surface area contributed by atoms with Crippen molar-refractivity contribution in [1.82, 2.24) is 5.32 Å². The molecule has 18 heavy (non-hydrogen) atoms. The van der Waals surface area contributed by atoms with Gasteiger partial charge in [-0.25, -0.2) is 0 Å². The van der Waals surface area contributed by atoms with Crippen LogP contribution in [0.1, 0.15) is 51.4 Å². The first-order valence-corrected chi connectivity index (χ1v) is 8.88. The molecule has 0 aromatic rings. The Balaban J connectivity index is 1.57. The van der Waals surface area contributed by atoms with Gasteiger partial charge in [-0.15, -0.1) is 0 Å². The number of carbonyl (C=O) groups excluding carboxylic acids is 1. The Kier molecular flexibility index (Phi) is 3.61. The molecule has 2 nitrogen and oxygen atoms in total. The monoisotopic (exact) mass is 267 g/mol. The maximum Gasteiger partial charge on any atom is 0.220 e. The average Bonchev–Trinajstić information content (AvgIpc) is 2.26. The molecule has 4 bridgehead atoms. The summed E-state index contributed by atoms with van der Waals surface area (Å²) in [6.07, 6.45) is 12.0. The fraction of sp³-hybridized carbons (Fsp3) is 0.933. The summed E-state index contributed by atoms with van der Waals surface area (Å²) in [5, 5.41) is 3.44. The highest BCUT2D eigenvalue weighted by Gasteiger charge is 2.51. The lowest BCUT2D eigenvalue weighted by Gasteiger charge is -2.56. The highest BCUT2D eigenvalue weighted by atomic mass is 32.2. The first-order chi connectivity index (χ1) is 8.69. The van der Waals surface area contributed by atoms with Crippen molar-refractivity contribution in [1.29, 1.82) is 0 Å². The molecule has 0 radical (unpaired) electrons. The summed E-state index contributed by atoms with van der Waals surface area (Å²) in [6.45, 7) is 0. The van der Waals surface area contributed by atoms with Crippen molar-refractivity contribution in [3.05, 3.63) is 0 Å². The molecule has 1 amide bonds. The quantitative estimate of drug-likeness (QED) is 0.775. The molecule has 0 heterocycles. The second-order valence-electron chi connectivity index (χ2n) is 6.84. The van der Waals surface area contributed by atoms with E-state index in [1.807, 2.05) is 11.8 Å². The lowest BCUT2D eigenvalue weighted by molar-refractivity contribution is -0.126. The molecule has 3 heteroatoms. The molecule has 0 aromatic carbocycles. The minimum absolute atomic E-state index is 0.213. The molecule has 0 atom stereocenters. The topological polar surface area (TPSA) is 29.1 Å². The lowest BCUT2D eigenvalue weighted by Crippen LogP contribution is -2.59. The van der Waals surface area contributed by atoms with E-state index in [1.54, 1.807) is 0 Å². The van der Waals surface area contributed by atoms with Crippen LogP contribution in [0, 0.1) is 17.8 Å². The van der Waals surface area contributed by atoms with Gasteiger partial charge in [-0.3, -0.25) is 4.79 Å². The van der Waals surface area contributed by atoms with Crippen molar-refractivity contribution in [2.24, 2.45) is 17.8 Å². The predicted octanol–water partition coefficient (Wildman–Crippen LogP) is 3.21. The summed E-state index contributed by atoms with van der Waals surface area (Å²) in [6, 6.07) is 0. The number of carbonyl (C=O) groups is 1. The Morgan fingerprint density at radius 2 is 1.72 bits per heavy atom. The highest BCUT2D eigenvalue weighted by molar-refractivity contribution is 7.98. The number of hydrogen-bond donors (Lipinski definition) is 1. The number of hydrogen-bond acceptors (Lipinski definition) is 2. The number of thioether (sulfide) groups is 1. The van der Waals surface area contributed by atoms with Gasteiger partial charge >= 0.3 is 0 Å². The summed E-state index contributed by atoms with van der Waals surface area (Å²) in [4.78, 5) is 12.1. The summed E-state index contributed by atoms with van der Waals surface area (Å²) in [5.74, 6) is 4.17. The van der Waals surface area contributed by atoms with Crippen molar-refractivity contribution in [2.75, 3.05) is 12.0 Å². The molecule has 0 spiro atoms. The lowest BCUT2D eigenvalue weighted by atomic mass is 9.53. The van der Waals surface area contributed by atoms with Gasteiger partial charge in [0.1, 0.15) is 0 Å². The van der Waals surface area contributed by atoms with Crippen LogP contribution in [0.15, 0.2) is 0 Å². The minimum atomic E-state index is 0.213. The second-order valence-corrected chi connectivity index (χ2v) is 7.83. The molecule has 4 aliphatic rings. The smallest absolute Gasteiger partial charge is 0.220 e. The van der Waals surface area contributed by atoms with E-state index in [9.17, 15) is 4.79 Å².